The van der Waals surface area contributed by atoms with Gasteiger partial charge in [0.15, 0.2) is 0 Å². The lowest BCUT2D eigenvalue weighted by Gasteiger charge is -2.11. The van der Waals surface area contributed by atoms with Crippen LogP contribution in [0.25, 0.3) is 0 Å². The van der Waals surface area contributed by atoms with E-state index >= 15 is 0 Å². The highest BCUT2D eigenvalue weighted by Crippen LogP contribution is 2.18. The average Bonchev–Trinajstić information content (AvgIpc) is 3.01. The van der Waals surface area contributed by atoms with Crippen molar-refractivity contribution in [2.75, 3.05) is 11.9 Å². The molecule has 0 aliphatic carbocycles. The van der Waals surface area contributed by atoms with Gasteiger partial charge in [0, 0.05) is 6.20 Å². The van der Waals surface area contributed by atoms with Gasteiger partial charge < -0.3 is 10.1 Å². The topological polar surface area (TPSA) is 64.9 Å². The summed E-state index contributed by atoms with van der Waals surface area (Å²) < 4.78 is 7.74. The summed E-state index contributed by atoms with van der Waals surface area (Å²) in [5.41, 5.74) is 2.01. The standard InChI is InChI=1S/C18H21N5O/c1-14(2)12-24-17-7-3-5-15(9-17)11-23-13-20-22-18(23)21-16-6-4-8-19-10-16/h3-10,13-14H,11-12H2,1-2H3,(H,21,22). The second-order valence-corrected chi connectivity index (χ2v) is 6.00. The van der Waals surface area contributed by atoms with Crippen LogP contribution in [-0.4, -0.2) is 26.4 Å². The Bertz CT molecular complexity index is 770. The van der Waals surface area contributed by atoms with Gasteiger partial charge in [-0.05, 0) is 35.7 Å². The number of benzene rings is 1. The van der Waals surface area contributed by atoms with Gasteiger partial charge in [0.2, 0.25) is 5.95 Å². The van der Waals surface area contributed by atoms with E-state index in [0.29, 0.717) is 25.0 Å². The van der Waals surface area contributed by atoms with E-state index in [1.165, 1.54) is 0 Å². The van der Waals surface area contributed by atoms with Crippen molar-refractivity contribution in [3.05, 3.63) is 60.7 Å². The van der Waals surface area contributed by atoms with Gasteiger partial charge in [-0.15, -0.1) is 10.2 Å². The van der Waals surface area contributed by atoms with Crippen molar-refractivity contribution in [2.24, 2.45) is 5.92 Å². The molecular formula is C18H21N5O. The first-order chi connectivity index (χ1) is 11.7. The Morgan fingerprint density at radius 2 is 2.12 bits per heavy atom. The minimum Gasteiger partial charge on any atom is -0.493 e. The summed E-state index contributed by atoms with van der Waals surface area (Å²) in [6.45, 7) is 5.65. The second-order valence-electron chi connectivity index (χ2n) is 6.00. The fourth-order valence-electron chi connectivity index (χ4n) is 2.23. The number of anilines is 2. The molecule has 0 aliphatic heterocycles. The maximum Gasteiger partial charge on any atom is 0.229 e. The minimum absolute atomic E-state index is 0.502. The molecule has 0 amide bonds. The molecule has 2 heterocycles. The van der Waals surface area contributed by atoms with Crippen LogP contribution in [0.3, 0.4) is 0 Å². The molecule has 3 rings (SSSR count). The second kappa shape index (κ2) is 7.59. The van der Waals surface area contributed by atoms with Crippen LogP contribution in [0.2, 0.25) is 0 Å². The molecule has 0 bridgehead atoms. The molecule has 3 aromatic rings. The molecule has 1 N–H and O–H groups in total. The monoisotopic (exact) mass is 323 g/mol. The van der Waals surface area contributed by atoms with Crippen molar-refractivity contribution >= 4 is 11.6 Å². The zero-order chi connectivity index (χ0) is 16.8. The van der Waals surface area contributed by atoms with Gasteiger partial charge in [0.1, 0.15) is 12.1 Å². The summed E-state index contributed by atoms with van der Waals surface area (Å²) in [4.78, 5) is 4.09. The van der Waals surface area contributed by atoms with Crippen molar-refractivity contribution in [1.82, 2.24) is 19.7 Å². The number of aromatic nitrogens is 4. The van der Waals surface area contributed by atoms with E-state index < -0.39 is 0 Å². The molecule has 0 saturated carbocycles. The minimum atomic E-state index is 0.502. The molecule has 6 heteroatoms. The number of hydrogen-bond acceptors (Lipinski definition) is 5. The molecule has 0 fully saturated rings. The Labute approximate surface area is 141 Å². The zero-order valence-corrected chi connectivity index (χ0v) is 13.9. The average molecular weight is 323 g/mol. The summed E-state index contributed by atoms with van der Waals surface area (Å²) in [7, 11) is 0. The molecule has 24 heavy (non-hydrogen) atoms. The molecular weight excluding hydrogens is 302 g/mol. The van der Waals surface area contributed by atoms with Gasteiger partial charge in [-0.3, -0.25) is 9.55 Å². The Morgan fingerprint density at radius 1 is 1.21 bits per heavy atom. The van der Waals surface area contributed by atoms with Gasteiger partial charge in [-0.1, -0.05) is 26.0 Å². The van der Waals surface area contributed by atoms with Gasteiger partial charge in [0.05, 0.1) is 25.0 Å². The van der Waals surface area contributed by atoms with Crippen molar-refractivity contribution < 1.29 is 4.74 Å². The van der Waals surface area contributed by atoms with E-state index in [0.717, 1.165) is 17.0 Å². The van der Waals surface area contributed by atoms with Crippen molar-refractivity contribution in [3.8, 4) is 5.75 Å². The SMILES string of the molecule is CC(C)COc1cccc(Cn2cnnc2Nc2cccnc2)c1. The lowest BCUT2D eigenvalue weighted by atomic mass is 10.2. The number of nitrogens with one attached hydrogen (secondary N) is 1. The number of nitrogens with zero attached hydrogens (tertiary/aromatic N) is 4. The Hall–Kier alpha value is -2.89. The number of rotatable bonds is 7. The first kappa shape index (κ1) is 16.0. The van der Waals surface area contributed by atoms with Crippen LogP contribution < -0.4 is 10.1 Å². The molecule has 0 aliphatic rings. The molecule has 124 valence electrons. The highest BCUT2D eigenvalue weighted by molar-refractivity contribution is 5.51. The van der Waals surface area contributed by atoms with E-state index in [1.54, 1.807) is 18.7 Å². The summed E-state index contributed by atoms with van der Waals surface area (Å²) in [5, 5.41) is 11.4. The molecule has 0 radical (unpaired) electrons. The first-order valence-corrected chi connectivity index (χ1v) is 7.97. The smallest absolute Gasteiger partial charge is 0.229 e. The van der Waals surface area contributed by atoms with E-state index in [1.807, 2.05) is 28.8 Å². The van der Waals surface area contributed by atoms with Crippen LogP contribution in [0.15, 0.2) is 55.1 Å². The quantitative estimate of drug-likeness (QED) is 0.721. The van der Waals surface area contributed by atoms with Crippen LogP contribution in [0.5, 0.6) is 5.75 Å². The van der Waals surface area contributed by atoms with Crippen molar-refractivity contribution in [2.45, 2.75) is 20.4 Å². The lowest BCUT2D eigenvalue weighted by Crippen LogP contribution is -2.06. The molecule has 0 saturated heterocycles. The molecule has 1 aromatic carbocycles. The van der Waals surface area contributed by atoms with Crippen molar-refractivity contribution in [3.63, 3.8) is 0 Å². The summed E-state index contributed by atoms with van der Waals surface area (Å²) >= 11 is 0. The van der Waals surface area contributed by atoms with Crippen LogP contribution >= 0.6 is 0 Å². The lowest BCUT2D eigenvalue weighted by molar-refractivity contribution is 0.271. The molecule has 0 spiro atoms. The molecule has 6 nitrogen and oxygen atoms in total. The maximum absolute atomic E-state index is 5.79. The van der Waals surface area contributed by atoms with Crippen LogP contribution in [0, 0.1) is 5.92 Å². The molecule has 0 unspecified atom stereocenters. The highest BCUT2D eigenvalue weighted by Gasteiger charge is 2.06. The third-order valence-corrected chi connectivity index (χ3v) is 3.37. The largest absolute Gasteiger partial charge is 0.493 e. The van der Waals surface area contributed by atoms with E-state index in [-0.39, 0.29) is 0 Å². The first-order valence-electron chi connectivity index (χ1n) is 7.97. The fourth-order valence-corrected chi connectivity index (χ4v) is 2.23. The fraction of sp³-hybridized carbons (Fsp3) is 0.278. The Balaban J connectivity index is 1.70. The number of ether oxygens (including phenoxy) is 1. The van der Waals surface area contributed by atoms with Crippen LogP contribution in [0.4, 0.5) is 11.6 Å². The third-order valence-electron chi connectivity index (χ3n) is 3.37. The van der Waals surface area contributed by atoms with E-state index in [4.69, 9.17) is 4.74 Å². The van der Waals surface area contributed by atoms with Crippen LogP contribution in [-0.2, 0) is 6.54 Å². The Morgan fingerprint density at radius 3 is 2.92 bits per heavy atom. The van der Waals surface area contributed by atoms with Crippen molar-refractivity contribution in [1.29, 1.82) is 0 Å². The molecule has 2 aromatic heterocycles. The molecule has 0 atom stereocenters. The third kappa shape index (κ3) is 4.32. The maximum atomic E-state index is 5.79. The predicted molar refractivity (Wildman–Crippen MR) is 93.4 cm³/mol. The van der Waals surface area contributed by atoms with Gasteiger partial charge >= 0.3 is 0 Å². The Kier molecular flexibility index (Phi) is 5.05. The number of hydrogen-bond donors (Lipinski definition) is 1. The van der Waals surface area contributed by atoms with E-state index in [9.17, 15) is 0 Å². The summed E-state index contributed by atoms with van der Waals surface area (Å²) in [5.74, 6) is 2.06. The summed E-state index contributed by atoms with van der Waals surface area (Å²) in [6.07, 6.45) is 5.19. The number of pyridine rings is 1. The van der Waals surface area contributed by atoms with Gasteiger partial charge in [-0.25, -0.2) is 0 Å². The summed E-state index contributed by atoms with van der Waals surface area (Å²) in [6, 6.07) is 11.9. The zero-order valence-electron chi connectivity index (χ0n) is 13.9. The van der Waals surface area contributed by atoms with E-state index in [2.05, 4.69) is 46.5 Å². The predicted octanol–water partition coefficient (Wildman–Crippen LogP) is 3.50. The normalized spacial score (nSPS) is 10.8. The highest BCUT2D eigenvalue weighted by atomic mass is 16.5. The van der Waals surface area contributed by atoms with Gasteiger partial charge in [0.25, 0.3) is 0 Å². The van der Waals surface area contributed by atoms with Gasteiger partial charge in [-0.2, -0.15) is 0 Å². The van der Waals surface area contributed by atoms with Crippen LogP contribution in [0.1, 0.15) is 19.4 Å².